The SMILES string of the molecule is C=C1CCC2C(C)(CO)CCCC2(C)C1COC(C(=O)O)C(CC(=O)O)C(=O)OC. The van der Waals surface area contributed by atoms with Gasteiger partial charge in [-0.1, -0.05) is 32.4 Å². The van der Waals surface area contributed by atoms with Crippen LogP contribution in [0.2, 0.25) is 0 Å². The minimum absolute atomic E-state index is 0.0252. The molecule has 2 aliphatic carbocycles. The van der Waals surface area contributed by atoms with Crippen molar-refractivity contribution in [2.24, 2.45) is 28.6 Å². The van der Waals surface area contributed by atoms with Crippen LogP contribution in [0.5, 0.6) is 0 Å². The highest BCUT2D eigenvalue weighted by molar-refractivity contribution is 5.86. The summed E-state index contributed by atoms with van der Waals surface area (Å²) in [5.41, 5.74) is 0.533. The number of hydrogen-bond donors (Lipinski definition) is 3. The molecule has 0 radical (unpaired) electrons. The molecule has 6 atom stereocenters. The number of aliphatic hydroxyl groups excluding tert-OH is 1. The van der Waals surface area contributed by atoms with Crippen LogP contribution in [0.15, 0.2) is 12.2 Å². The molecule has 0 aromatic rings. The Morgan fingerprint density at radius 1 is 1.23 bits per heavy atom. The number of methoxy groups -OCH3 is 1. The molecule has 2 saturated carbocycles. The number of carbonyl (C=O) groups is 3. The highest BCUT2D eigenvalue weighted by Crippen LogP contribution is 2.60. The van der Waals surface area contributed by atoms with Gasteiger partial charge in [0.25, 0.3) is 0 Å². The molecule has 170 valence electrons. The van der Waals surface area contributed by atoms with Gasteiger partial charge in [0.15, 0.2) is 6.10 Å². The van der Waals surface area contributed by atoms with Gasteiger partial charge in [0.2, 0.25) is 0 Å². The molecule has 0 bridgehead atoms. The second-order valence-corrected chi connectivity index (χ2v) is 9.29. The van der Waals surface area contributed by atoms with Crippen molar-refractivity contribution >= 4 is 17.9 Å². The van der Waals surface area contributed by atoms with Crippen LogP contribution in [0.1, 0.15) is 52.4 Å². The third kappa shape index (κ3) is 4.70. The predicted molar refractivity (Wildman–Crippen MR) is 108 cm³/mol. The number of carboxylic acid groups (broad SMARTS) is 2. The second-order valence-electron chi connectivity index (χ2n) is 9.29. The average Bonchev–Trinajstić information content (AvgIpc) is 2.67. The first-order valence-corrected chi connectivity index (χ1v) is 10.4. The standard InChI is InChI=1S/C22H34O8/c1-13-6-7-16-21(2,12-23)8-5-9-22(16,3)15(13)11-30-18(19(26)27)14(10-17(24)25)20(28)29-4/h14-16,18,23H,1,5-12H2,2-4H3,(H,24,25)(H,26,27). The van der Waals surface area contributed by atoms with Crippen LogP contribution in [0.3, 0.4) is 0 Å². The largest absolute Gasteiger partial charge is 0.481 e. The molecule has 2 fully saturated rings. The summed E-state index contributed by atoms with van der Waals surface area (Å²) in [5.74, 6) is -4.99. The molecule has 2 aliphatic rings. The Morgan fingerprint density at radius 3 is 2.43 bits per heavy atom. The van der Waals surface area contributed by atoms with Crippen molar-refractivity contribution in [2.75, 3.05) is 20.3 Å². The summed E-state index contributed by atoms with van der Waals surface area (Å²) in [6, 6.07) is 0. The third-order valence-electron chi connectivity index (χ3n) is 7.45. The summed E-state index contributed by atoms with van der Waals surface area (Å²) in [6.45, 7) is 8.56. The first-order valence-electron chi connectivity index (χ1n) is 10.4. The minimum atomic E-state index is -1.63. The highest BCUT2D eigenvalue weighted by atomic mass is 16.5. The zero-order valence-corrected chi connectivity index (χ0v) is 18.1. The lowest BCUT2D eigenvalue weighted by atomic mass is 9.47. The van der Waals surface area contributed by atoms with E-state index >= 15 is 0 Å². The van der Waals surface area contributed by atoms with Gasteiger partial charge in [0, 0.05) is 12.5 Å². The van der Waals surface area contributed by atoms with Crippen molar-refractivity contribution in [1.29, 1.82) is 0 Å². The lowest BCUT2D eigenvalue weighted by molar-refractivity contribution is -0.172. The van der Waals surface area contributed by atoms with Crippen LogP contribution in [0.4, 0.5) is 0 Å². The van der Waals surface area contributed by atoms with Gasteiger partial charge < -0.3 is 24.8 Å². The van der Waals surface area contributed by atoms with E-state index < -0.39 is 36.4 Å². The maximum absolute atomic E-state index is 12.0. The summed E-state index contributed by atoms with van der Waals surface area (Å²) in [6.07, 6.45) is 2.14. The Hall–Kier alpha value is -1.93. The molecule has 0 aliphatic heterocycles. The van der Waals surface area contributed by atoms with Crippen molar-refractivity contribution in [3.05, 3.63) is 12.2 Å². The van der Waals surface area contributed by atoms with Crippen molar-refractivity contribution in [1.82, 2.24) is 0 Å². The Labute approximate surface area is 177 Å². The van der Waals surface area contributed by atoms with Gasteiger partial charge in [-0.2, -0.15) is 0 Å². The molecule has 30 heavy (non-hydrogen) atoms. The van der Waals surface area contributed by atoms with E-state index in [0.717, 1.165) is 44.8 Å². The van der Waals surface area contributed by atoms with E-state index in [1.165, 1.54) is 0 Å². The van der Waals surface area contributed by atoms with Gasteiger partial charge in [0.05, 0.1) is 20.1 Å². The molecule has 0 amide bonds. The second kappa shape index (κ2) is 9.47. The quantitative estimate of drug-likeness (QED) is 0.379. The average molecular weight is 427 g/mol. The van der Waals surface area contributed by atoms with Crippen LogP contribution in [-0.4, -0.2) is 59.7 Å². The number of aliphatic hydroxyl groups is 1. The normalized spacial score (nSPS) is 33.3. The fourth-order valence-corrected chi connectivity index (χ4v) is 5.79. The van der Waals surface area contributed by atoms with Gasteiger partial charge in [-0.25, -0.2) is 4.79 Å². The van der Waals surface area contributed by atoms with Crippen molar-refractivity contribution in [3.63, 3.8) is 0 Å². The Morgan fingerprint density at radius 2 is 1.90 bits per heavy atom. The first-order chi connectivity index (χ1) is 14.0. The topological polar surface area (TPSA) is 130 Å². The zero-order chi connectivity index (χ0) is 22.7. The Kier molecular flexibility index (Phi) is 7.69. The fourth-order valence-electron chi connectivity index (χ4n) is 5.79. The number of carbonyl (C=O) groups excluding carboxylic acids is 1. The first kappa shape index (κ1) is 24.3. The fraction of sp³-hybridized carbons (Fsp3) is 0.773. The van der Waals surface area contributed by atoms with Crippen LogP contribution < -0.4 is 0 Å². The number of carboxylic acids is 2. The number of rotatable bonds is 9. The summed E-state index contributed by atoms with van der Waals surface area (Å²) in [4.78, 5) is 35.0. The molecule has 0 spiro atoms. The number of ether oxygens (including phenoxy) is 2. The van der Waals surface area contributed by atoms with E-state index in [4.69, 9.17) is 9.84 Å². The summed E-state index contributed by atoms with van der Waals surface area (Å²) in [7, 11) is 1.09. The van der Waals surface area contributed by atoms with Crippen molar-refractivity contribution in [3.8, 4) is 0 Å². The molecule has 8 nitrogen and oxygen atoms in total. The van der Waals surface area contributed by atoms with Crippen LogP contribution >= 0.6 is 0 Å². The Bertz CT molecular complexity index is 689. The molecule has 6 unspecified atom stereocenters. The number of esters is 1. The van der Waals surface area contributed by atoms with Crippen LogP contribution in [0.25, 0.3) is 0 Å². The smallest absolute Gasteiger partial charge is 0.333 e. The lowest BCUT2D eigenvalue weighted by Gasteiger charge is -2.58. The van der Waals surface area contributed by atoms with Crippen LogP contribution in [-0.2, 0) is 23.9 Å². The van der Waals surface area contributed by atoms with Crippen LogP contribution in [0, 0.1) is 28.6 Å². The highest BCUT2D eigenvalue weighted by Gasteiger charge is 2.54. The number of fused-ring (bicyclic) bond motifs is 1. The zero-order valence-electron chi connectivity index (χ0n) is 18.1. The number of aliphatic carboxylic acids is 2. The molecular formula is C22H34O8. The maximum atomic E-state index is 12.0. The van der Waals surface area contributed by atoms with E-state index in [0.29, 0.717) is 0 Å². The van der Waals surface area contributed by atoms with E-state index in [1.54, 1.807) is 0 Å². The predicted octanol–water partition coefficient (Wildman–Crippen LogP) is 2.49. The Balaban J connectivity index is 2.26. The van der Waals surface area contributed by atoms with Gasteiger partial charge in [0.1, 0.15) is 5.92 Å². The lowest BCUT2D eigenvalue weighted by Crippen LogP contribution is -2.53. The molecule has 0 saturated heterocycles. The number of hydrogen-bond acceptors (Lipinski definition) is 6. The van der Waals surface area contributed by atoms with E-state index in [-0.39, 0.29) is 35.9 Å². The third-order valence-corrected chi connectivity index (χ3v) is 7.45. The van der Waals surface area contributed by atoms with E-state index in [1.807, 2.05) is 0 Å². The van der Waals surface area contributed by atoms with Gasteiger partial charge in [-0.3, -0.25) is 9.59 Å². The summed E-state index contributed by atoms with van der Waals surface area (Å²) in [5, 5.41) is 28.8. The van der Waals surface area contributed by atoms with Crippen molar-refractivity contribution < 1.29 is 39.2 Å². The molecule has 0 aromatic heterocycles. The molecule has 0 heterocycles. The van der Waals surface area contributed by atoms with Gasteiger partial charge in [-0.15, -0.1) is 0 Å². The van der Waals surface area contributed by atoms with E-state index in [9.17, 15) is 24.6 Å². The molecule has 8 heteroatoms. The van der Waals surface area contributed by atoms with E-state index in [2.05, 4.69) is 25.2 Å². The van der Waals surface area contributed by atoms with Gasteiger partial charge in [-0.05, 0) is 42.4 Å². The molecule has 2 rings (SSSR count). The molecule has 0 aromatic carbocycles. The maximum Gasteiger partial charge on any atom is 0.333 e. The summed E-state index contributed by atoms with van der Waals surface area (Å²) >= 11 is 0. The minimum Gasteiger partial charge on any atom is -0.481 e. The molecular weight excluding hydrogens is 392 g/mol. The van der Waals surface area contributed by atoms with Gasteiger partial charge >= 0.3 is 17.9 Å². The van der Waals surface area contributed by atoms with Crippen molar-refractivity contribution in [2.45, 2.75) is 58.5 Å². The molecule has 3 N–H and O–H groups in total. The monoisotopic (exact) mass is 426 g/mol. The summed E-state index contributed by atoms with van der Waals surface area (Å²) < 4.78 is 10.3.